The van der Waals surface area contributed by atoms with Crippen LogP contribution < -0.4 is 9.62 Å². The van der Waals surface area contributed by atoms with E-state index in [1.807, 2.05) is 38.1 Å². The van der Waals surface area contributed by atoms with Crippen molar-refractivity contribution in [1.82, 2.24) is 10.2 Å². The number of carbonyl (C=O) groups excluding carboxylic acids is 2. The van der Waals surface area contributed by atoms with Crippen molar-refractivity contribution < 1.29 is 18.0 Å². The van der Waals surface area contributed by atoms with Crippen LogP contribution in [0.5, 0.6) is 0 Å². The third-order valence-electron chi connectivity index (χ3n) is 5.92. The molecule has 0 radical (unpaired) electrons. The molecule has 3 rings (SSSR count). The predicted molar refractivity (Wildman–Crippen MR) is 147 cm³/mol. The van der Waals surface area contributed by atoms with Gasteiger partial charge in [-0.15, -0.1) is 0 Å². The molecule has 1 atom stereocenters. The second-order valence-electron chi connectivity index (χ2n) is 8.75. The minimum absolute atomic E-state index is 0.0292. The van der Waals surface area contributed by atoms with Crippen LogP contribution in [0.2, 0.25) is 5.02 Å². The van der Waals surface area contributed by atoms with Crippen LogP contribution in [0.1, 0.15) is 31.4 Å². The van der Waals surface area contributed by atoms with E-state index in [1.165, 1.54) is 17.0 Å². The van der Waals surface area contributed by atoms with Crippen LogP contribution in [0.4, 0.5) is 5.69 Å². The molecule has 0 spiro atoms. The third kappa shape index (κ3) is 7.11. The topological polar surface area (TPSA) is 86.8 Å². The lowest BCUT2D eigenvalue weighted by atomic mass is 10.1. The fourth-order valence-corrected chi connectivity index (χ4v) is 5.50. The zero-order chi connectivity index (χ0) is 27.0. The standard InChI is InChI=1S/C28H32ClN3O4S/c1-4-18-30-28(34)22(3)31(19-23-16-14-21(2)15-17-23)27(33)20-32(26-13-9-8-12-25(26)29)37(35,36)24-10-6-5-7-11-24/h5-17,22H,4,18-20H2,1-3H3,(H,30,34)/t22-/m1/s1. The number of nitrogens with one attached hydrogen (secondary N) is 1. The highest BCUT2D eigenvalue weighted by atomic mass is 35.5. The van der Waals surface area contributed by atoms with E-state index in [2.05, 4.69) is 5.32 Å². The first-order valence-electron chi connectivity index (χ1n) is 12.1. The second-order valence-corrected chi connectivity index (χ2v) is 11.0. The summed E-state index contributed by atoms with van der Waals surface area (Å²) < 4.78 is 28.4. The van der Waals surface area contributed by atoms with Gasteiger partial charge in [0.2, 0.25) is 11.8 Å². The maximum atomic E-state index is 13.8. The summed E-state index contributed by atoms with van der Waals surface area (Å²) in [6, 6.07) is 21.1. The smallest absolute Gasteiger partial charge is 0.264 e. The van der Waals surface area contributed by atoms with Gasteiger partial charge in [-0.1, -0.05) is 78.7 Å². The van der Waals surface area contributed by atoms with Crippen LogP contribution in [0.15, 0.2) is 83.8 Å². The number of anilines is 1. The monoisotopic (exact) mass is 541 g/mol. The molecule has 9 heteroatoms. The molecule has 0 saturated carbocycles. The van der Waals surface area contributed by atoms with Gasteiger partial charge in [-0.2, -0.15) is 0 Å². The van der Waals surface area contributed by atoms with Gasteiger partial charge in [0, 0.05) is 13.1 Å². The number of rotatable bonds is 11. The number of halogens is 1. The molecule has 0 aliphatic rings. The minimum atomic E-state index is -4.14. The molecule has 0 aliphatic heterocycles. The molecule has 0 fully saturated rings. The lowest BCUT2D eigenvalue weighted by Gasteiger charge is -2.32. The zero-order valence-corrected chi connectivity index (χ0v) is 22.8. The first kappa shape index (κ1) is 28.2. The number of carbonyl (C=O) groups is 2. The number of amides is 2. The Morgan fingerprint density at radius 1 is 0.946 bits per heavy atom. The molecule has 0 unspecified atom stereocenters. The first-order chi connectivity index (χ1) is 17.6. The maximum Gasteiger partial charge on any atom is 0.264 e. The summed E-state index contributed by atoms with van der Waals surface area (Å²) >= 11 is 6.40. The molecule has 196 valence electrons. The second kappa shape index (κ2) is 12.7. The van der Waals surface area contributed by atoms with Gasteiger partial charge in [0.15, 0.2) is 0 Å². The molecule has 3 aromatic carbocycles. The SMILES string of the molecule is CCCNC(=O)[C@@H](C)N(Cc1ccc(C)cc1)C(=O)CN(c1ccccc1Cl)S(=O)(=O)c1ccccc1. The summed E-state index contributed by atoms with van der Waals surface area (Å²) in [6.45, 7) is 5.63. The Morgan fingerprint density at radius 3 is 2.19 bits per heavy atom. The van der Waals surface area contributed by atoms with Crippen LogP contribution >= 0.6 is 11.6 Å². The summed E-state index contributed by atoms with van der Waals surface area (Å²) in [5.41, 5.74) is 2.07. The van der Waals surface area contributed by atoms with E-state index in [0.29, 0.717) is 6.54 Å². The van der Waals surface area contributed by atoms with Crippen molar-refractivity contribution in [3.8, 4) is 0 Å². The Bertz CT molecular complexity index is 1310. The molecule has 37 heavy (non-hydrogen) atoms. The van der Waals surface area contributed by atoms with Gasteiger partial charge in [-0.05, 0) is 50.1 Å². The summed E-state index contributed by atoms with van der Waals surface area (Å²) in [5.74, 6) is -0.836. The Labute approximate surface area is 224 Å². The molecule has 0 saturated heterocycles. The van der Waals surface area contributed by atoms with Gasteiger partial charge in [0.1, 0.15) is 12.6 Å². The number of nitrogens with zero attached hydrogens (tertiary/aromatic N) is 2. The number of benzene rings is 3. The van der Waals surface area contributed by atoms with Gasteiger partial charge < -0.3 is 10.2 Å². The summed E-state index contributed by atoms with van der Waals surface area (Å²) in [7, 11) is -4.14. The Kier molecular flexibility index (Phi) is 9.72. The van der Waals surface area contributed by atoms with Gasteiger partial charge in [0.25, 0.3) is 10.0 Å². The van der Waals surface area contributed by atoms with Crippen LogP contribution in [-0.4, -0.2) is 44.3 Å². The lowest BCUT2D eigenvalue weighted by molar-refractivity contribution is -0.139. The van der Waals surface area contributed by atoms with E-state index in [-0.39, 0.29) is 28.1 Å². The van der Waals surface area contributed by atoms with Gasteiger partial charge >= 0.3 is 0 Å². The number of para-hydroxylation sites is 1. The van der Waals surface area contributed by atoms with Crippen LogP contribution in [-0.2, 0) is 26.2 Å². The van der Waals surface area contributed by atoms with Gasteiger partial charge in [0.05, 0.1) is 15.6 Å². The van der Waals surface area contributed by atoms with E-state index in [0.717, 1.165) is 21.9 Å². The van der Waals surface area contributed by atoms with Crippen molar-refractivity contribution in [1.29, 1.82) is 0 Å². The highest BCUT2D eigenvalue weighted by Crippen LogP contribution is 2.30. The number of hydrogen-bond acceptors (Lipinski definition) is 4. The van der Waals surface area contributed by atoms with E-state index in [4.69, 9.17) is 11.6 Å². The molecule has 0 aromatic heterocycles. The average molecular weight is 542 g/mol. The molecule has 1 N–H and O–H groups in total. The van der Waals surface area contributed by atoms with Crippen molar-refractivity contribution >= 4 is 39.1 Å². The molecule has 0 bridgehead atoms. The van der Waals surface area contributed by atoms with Crippen molar-refractivity contribution in [2.75, 3.05) is 17.4 Å². The molecular formula is C28H32ClN3O4S. The largest absolute Gasteiger partial charge is 0.354 e. The van der Waals surface area contributed by atoms with E-state index < -0.39 is 28.5 Å². The molecule has 3 aromatic rings. The predicted octanol–water partition coefficient (Wildman–Crippen LogP) is 4.79. The highest BCUT2D eigenvalue weighted by Gasteiger charge is 2.33. The van der Waals surface area contributed by atoms with Crippen molar-refractivity contribution in [3.63, 3.8) is 0 Å². The summed E-state index contributed by atoms with van der Waals surface area (Å²) in [4.78, 5) is 28.1. The average Bonchev–Trinajstić information content (AvgIpc) is 2.90. The zero-order valence-electron chi connectivity index (χ0n) is 21.2. The Morgan fingerprint density at radius 2 is 1.57 bits per heavy atom. The molecule has 0 heterocycles. The molecular weight excluding hydrogens is 510 g/mol. The van der Waals surface area contributed by atoms with Crippen LogP contribution in [0.25, 0.3) is 0 Å². The summed E-state index contributed by atoms with van der Waals surface area (Å²) in [6.07, 6.45) is 0.750. The fourth-order valence-electron chi connectivity index (χ4n) is 3.76. The fraction of sp³-hybridized carbons (Fsp3) is 0.286. The van der Waals surface area contributed by atoms with E-state index in [1.54, 1.807) is 49.4 Å². The number of aryl methyl sites for hydroxylation is 1. The van der Waals surface area contributed by atoms with Crippen molar-refractivity contribution in [3.05, 3.63) is 95.0 Å². The van der Waals surface area contributed by atoms with Gasteiger partial charge in [-0.3, -0.25) is 13.9 Å². The van der Waals surface area contributed by atoms with E-state index >= 15 is 0 Å². The first-order valence-corrected chi connectivity index (χ1v) is 13.9. The van der Waals surface area contributed by atoms with Crippen molar-refractivity contribution in [2.24, 2.45) is 0 Å². The normalized spacial score (nSPS) is 12.0. The lowest BCUT2D eigenvalue weighted by Crippen LogP contribution is -2.51. The quantitative estimate of drug-likeness (QED) is 0.378. The van der Waals surface area contributed by atoms with Crippen molar-refractivity contribution in [2.45, 2.75) is 44.7 Å². The third-order valence-corrected chi connectivity index (χ3v) is 8.01. The van der Waals surface area contributed by atoms with E-state index in [9.17, 15) is 18.0 Å². The van der Waals surface area contributed by atoms with Gasteiger partial charge in [-0.25, -0.2) is 8.42 Å². The number of hydrogen-bond donors (Lipinski definition) is 1. The minimum Gasteiger partial charge on any atom is -0.354 e. The Balaban J connectivity index is 2.01. The molecule has 2 amide bonds. The van der Waals surface area contributed by atoms with Crippen LogP contribution in [0.3, 0.4) is 0 Å². The summed E-state index contributed by atoms with van der Waals surface area (Å²) in [5, 5.41) is 3.02. The Hall–Kier alpha value is -3.36. The number of sulfonamides is 1. The van der Waals surface area contributed by atoms with Crippen LogP contribution in [0, 0.1) is 6.92 Å². The molecule has 0 aliphatic carbocycles. The highest BCUT2D eigenvalue weighted by molar-refractivity contribution is 7.92. The maximum absolute atomic E-state index is 13.8. The molecule has 7 nitrogen and oxygen atoms in total.